The lowest BCUT2D eigenvalue weighted by Crippen LogP contribution is -2.26. The van der Waals surface area contributed by atoms with Crippen molar-refractivity contribution >= 4 is 5.69 Å². The van der Waals surface area contributed by atoms with Gasteiger partial charge >= 0.3 is 0 Å². The summed E-state index contributed by atoms with van der Waals surface area (Å²) in [4.78, 5) is 4.19. The number of benzene rings is 1. The second kappa shape index (κ2) is 5.19. The van der Waals surface area contributed by atoms with Crippen LogP contribution in [0.15, 0.2) is 48.8 Å². The standard InChI is InChI=1S/C15H17N3/c1-2-8-15(17-18-10-3-4-11-18)14(7-1)13-6-5-9-16-12-13/h1-2,5-9,12,17H,3-4,10-11H2. The van der Waals surface area contributed by atoms with E-state index in [0.29, 0.717) is 0 Å². The lowest BCUT2D eigenvalue weighted by atomic mass is 10.1. The van der Waals surface area contributed by atoms with Crippen molar-refractivity contribution in [2.75, 3.05) is 18.5 Å². The molecule has 1 saturated heterocycles. The Labute approximate surface area is 107 Å². The second-order valence-corrected chi connectivity index (χ2v) is 4.59. The average molecular weight is 239 g/mol. The van der Waals surface area contributed by atoms with Crippen molar-refractivity contribution < 1.29 is 0 Å². The van der Waals surface area contributed by atoms with Gasteiger partial charge in [-0.15, -0.1) is 0 Å². The number of nitrogens with one attached hydrogen (secondary N) is 1. The highest BCUT2D eigenvalue weighted by Crippen LogP contribution is 2.27. The summed E-state index contributed by atoms with van der Waals surface area (Å²) in [6.07, 6.45) is 6.27. The van der Waals surface area contributed by atoms with Crippen LogP contribution in [-0.2, 0) is 0 Å². The monoisotopic (exact) mass is 239 g/mol. The molecule has 0 bridgehead atoms. The molecule has 0 spiro atoms. The number of aromatic nitrogens is 1. The molecule has 1 fully saturated rings. The zero-order valence-electron chi connectivity index (χ0n) is 10.3. The smallest absolute Gasteiger partial charge is 0.0569 e. The topological polar surface area (TPSA) is 28.2 Å². The van der Waals surface area contributed by atoms with Crippen molar-refractivity contribution in [3.8, 4) is 11.1 Å². The first kappa shape index (κ1) is 11.2. The Morgan fingerprint density at radius 2 is 1.83 bits per heavy atom. The van der Waals surface area contributed by atoms with E-state index in [2.05, 4.69) is 45.8 Å². The minimum atomic E-state index is 1.13. The number of nitrogens with zero attached hydrogens (tertiary/aromatic N) is 2. The van der Waals surface area contributed by atoms with Crippen molar-refractivity contribution in [3.05, 3.63) is 48.8 Å². The molecule has 1 aromatic carbocycles. The molecule has 3 rings (SSSR count). The lowest BCUT2D eigenvalue weighted by Gasteiger charge is -2.20. The third-order valence-corrected chi connectivity index (χ3v) is 3.28. The molecule has 2 heterocycles. The lowest BCUT2D eigenvalue weighted by molar-refractivity contribution is 0.410. The van der Waals surface area contributed by atoms with Gasteiger partial charge in [-0.3, -0.25) is 4.98 Å². The van der Waals surface area contributed by atoms with Crippen molar-refractivity contribution in [1.29, 1.82) is 0 Å². The molecule has 3 heteroatoms. The van der Waals surface area contributed by atoms with Crippen LogP contribution in [0.5, 0.6) is 0 Å². The Balaban J connectivity index is 1.90. The fourth-order valence-electron chi connectivity index (χ4n) is 2.35. The highest BCUT2D eigenvalue weighted by molar-refractivity contribution is 5.76. The first-order chi connectivity index (χ1) is 8.93. The minimum Gasteiger partial charge on any atom is -0.318 e. The molecule has 0 unspecified atom stereocenters. The Morgan fingerprint density at radius 3 is 2.61 bits per heavy atom. The summed E-state index contributed by atoms with van der Waals surface area (Å²) in [5.74, 6) is 0. The Bertz CT molecular complexity index is 504. The van der Waals surface area contributed by atoms with Gasteiger partial charge < -0.3 is 5.43 Å². The van der Waals surface area contributed by atoms with Crippen LogP contribution in [0.3, 0.4) is 0 Å². The Kier molecular flexibility index (Phi) is 3.24. The van der Waals surface area contributed by atoms with Crippen LogP contribution in [0.2, 0.25) is 0 Å². The van der Waals surface area contributed by atoms with E-state index in [-0.39, 0.29) is 0 Å². The first-order valence-electron chi connectivity index (χ1n) is 6.44. The van der Waals surface area contributed by atoms with Gasteiger partial charge in [-0.05, 0) is 25.0 Å². The van der Waals surface area contributed by atoms with E-state index in [1.807, 2.05) is 12.3 Å². The van der Waals surface area contributed by atoms with Gasteiger partial charge in [-0.2, -0.15) is 0 Å². The molecule has 18 heavy (non-hydrogen) atoms. The van der Waals surface area contributed by atoms with E-state index >= 15 is 0 Å². The normalized spacial score (nSPS) is 15.8. The highest BCUT2D eigenvalue weighted by atomic mass is 15.5. The van der Waals surface area contributed by atoms with Gasteiger partial charge in [-0.25, -0.2) is 5.01 Å². The number of pyridine rings is 1. The number of para-hydroxylation sites is 1. The number of hydrazine groups is 1. The van der Waals surface area contributed by atoms with Crippen LogP contribution in [0.25, 0.3) is 11.1 Å². The summed E-state index contributed by atoms with van der Waals surface area (Å²) in [6, 6.07) is 12.5. The summed E-state index contributed by atoms with van der Waals surface area (Å²) in [7, 11) is 0. The maximum atomic E-state index is 4.19. The number of rotatable bonds is 3. The van der Waals surface area contributed by atoms with E-state index in [9.17, 15) is 0 Å². The predicted octanol–water partition coefficient (Wildman–Crippen LogP) is 3.17. The number of anilines is 1. The Hall–Kier alpha value is -1.87. The molecule has 0 saturated carbocycles. The van der Waals surface area contributed by atoms with Crippen LogP contribution < -0.4 is 5.43 Å². The van der Waals surface area contributed by atoms with Gasteiger partial charge in [0.05, 0.1) is 5.69 Å². The highest BCUT2D eigenvalue weighted by Gasteiger charge is 2.13. The minimum absolute atomic E-state index is 1.13. The fourth-order valence-corrected chi connectivity index (χ4v) is 2.35. The predicted molar refractivity (Wildman–Crippen MR) is 74.1 cm³/mol. The Morgan fingerprint density at radius 1 is 1.00 bits per heavy atom. The summed E-state index contributed by atoms with van der Waals surface area (Å²) < 4.78 is 0. The van der Waals surface area contributed by atoms with Gasteiger partial charge in [0.2, 0.25) is 0 Å². The average Bonchev–Trinajstić information content (AvgIpc) is 2.93. The van der Waals surface area contributed by atoms with E-state index in [0.717, 1.165) is 24.3 Å². The van der Waals surface area contributed by atoms with Crippen molar-refractivity contribution in [1.82, 2.24) is 9.99 Å². The zero-order valence-corrected chi connectivity index (χ0v) is 10.3. The van der Waals surface area contributed by atoms with Gasteiger partial charge in [0, 0.05) is 36.6 Å². The number of hydrogen-bond acceptors (Lipinski definition) is 3. The molecule has 1 aliphatic heterocycles. The quantitative estimate of drug-likeness (QED) is 0.891. The second-order valence-electron chi connectivity index (χ2n) is 4.59. The van der Waals surface area contributed by atoms with E-state index in [1.54, 1.807) is 6.20 Å². The zero-order chi connectivity index (χ0) is 12.2. The SMILES string of the molecule is c1cncc(-c2ccccc2NN2CCCC2)c1. The molecular weight excluding hydrogens is 222 g/mol. The van der Waals surface area contributed by atoms with Crippen molar-refractivity contribution in [2.45, 2.75) is 12.8 Å². The van der Waals surface area contributed by atoms with Gasteiger partial charge in [0.15, 0.2) is 0 Å². The molecule has 1 aromatic heterocycles. The molecule has 2 aromatic rings. The summed E-state index contributed by atoms with van der Waals surface area (Å²) in [5.41, 5.74) is 7.03. The maximum absolute atomic E-state index is 4.19. The van der Waals surface area contributed by atoms with Gasteiger partial charge in [0.1, 0.15) is 0 Å². The van der Waals surface area contributed by atoms with Crippen molar-refractivity contribution in [2.24, 2.45) is 0 Å². The third kappa shape index (κ3) is 2.36. The summed E-state index contributed by atoms with van der Waals surface area (Å²) >= 11 is 0. The van der Waals surface area contributed by atoms with E-state index < -0.39 is 0 Å². The first-order valence-corrected chi connectivity index (χ1v) is 6.44. The van der Waals surface area contributed by atoms with Crippen LogP contribution in [0.4, 0.5) is 5.69 Å². The summed E-state index contributed by atoms with van der Waals surface area (Å²) in [6.45, 7) is 2.25. The molecule has 3 nitrogen and oxygen atoms in total. The van der Waals surface area contributed by atoms with Gasteiger partial charge in [-0.1, -0.05) is 24.3 Å². The van der Waals surface area contributed by atoms with Crippen molar-refractivity contribution in [3.63, 3.8) is 0 Å². The molecule has 0 radical (unpaired) electrons. The van der Waals surface area contributed by atoms with Crippen LogP contribution >= 0.6 is 0 Å². The molecule has 0 atom stereocenters. The molecule has 0 amide bonds. The maximum Gasteiger partial charge on any atom is 0.0569 e. The third-order valence-electron chi connectivity index (χ3n) is 3.28. The molecule has 1 aliphatic rings. The van der Waals surface area contributed by atoms with Gasteiger partial charge in [0.25, 0.3) is 0 Å². The van der Waals surface area contributed by atoms with Crippen LogP contribution in [0.1, 0.15) is 12.8 Å². The summed E-state index contributed by atoms with van der Waals surface area (Å²) in [5, 5.41) is 2.29. The molecule has 0 aliphatic carbocycles. The fraction of sp³-hybridized carbons (Fsp3) is 0.267. The largest absolute Gasteiger partial charge is 0.318 e. The van der Waals surface area contributed by atoms with E-state index in [1.165, 1.54) is 18.4 Å². The van der Waals surface area contributed by atoms with Crippen LogP contribution in [0, 0.1) is 0 Å². The van der Waals surface area contributed by atoms with E-state index in [4.69, 9.17) is 0 Å². The molecule has 1 N–H and O–H groups in total. The molecular formula is C15H17N3. The molecule has 92 valence electrons. The number of hydrogen-bond donors (Lipinski definition) is 1. The van der Waals surface area contributed by atoms with Crippen LogP contribution in [-0.4, -0.2) is 23.1 Å².